The van der Waals surface area contributed by atoms with Crippen LogP contribution in [-0.4, -0.2) is 19.0 Å². The SMILES string of the molecule is COc1ccc(C(=O)Nc2ccccc2C(=O)O[C@@H](C)c2ccccc2)cc1. The molecular formula is C23H21NO4. The molecule has 5 heteroatoms. The minimum atomic E-state index is -0.498. The lowest BCUT2D eigenvalue weighted by atomic mass is 10.1. The summed E-state index contributed by atoms with van der Waals surface area (Å²) in [6.07, 6.45) is -0.404. The molecule has 28 heavy (non-hydrogen) atoms. The molecule has 0 saturated heterocycles. The Balaban J connectivity index is 1.74. The minimum absolute atomic E-state index is 0.298. The fourth-order valence-corrected chi connectivity index (χ4v) is 2.72. The number of methoxy groups -OCH3 is 1. The normalized spacial score (nSPS) is 11.4. The predicted molar refractivity (Wildman–Crippen MR) is 108 cm³/mol. The molecule has 1 N–H and O–H groups in total. The zero-order chi connectivity index (χ0) is 19.9. The van der Waals surface area contributed by atoms with E-state index in [1.165, 1.54) is 0 Å². The van der Waals surface area contributed by atoms with Crippen LogP contribution in [0.1, 0.15) is 39.3 Å². The van der Waals surface area contributed by atoms with E-state index in [9.17, 15) is 9.59 Å². The summed E-state index contributed by atoms with van der Waals surface area (Å²) in [5.41, 5.74) is 2.05. The summed E-state index contributed by atoms with van der Waals surface area (Å²) < 4.78 is 10.7. The number of amides is 1. The van der Waals surface area contributed by atoms with Gasteiger partial charge in [0.15, 0.2) is 0 Å². The van der Waals surface area contributed by atoms with E-state index in [1.54, 1.807) is 55.6 Å². The molecule has 0 aliphatic rings. The number of rotatable bonds is 6. The first kappa shape index (κ1) is 19.2. The lowest BCUT2D eigenvalue weighted by Gasteiger charge is -2.16. The molecule has 0 fully saturated rings. The summed E-state index contributed by atoms with van der Waals surface area (Å²) in [5.74, 6) is -0.156. The number of ether oxygens (including phenoxy) is 2. The Morgan fingerprint density at radius 1 is 0.857 bits per heavy atom. The van der Waals surface area contributed by atoms with Gasteiger partial charge in [-0.3, -0.25) is 4.79 Å². The highest BCUT2D eigenvalue weighted by atomic mass is 16.5. The number of nitrogens with one attached hydrogen (secondary N) is 1. The molecule has 3 aromatic carbocycles. The second-order valence-corrected chi connectivity index (χ2v) is 6.19. The monoisotopic (exact) mass is 375 g/mol. The van der Waals surface area contributed by atoms with E-state index in [-0.39, 0.29) is 5.91 Å². The highest BCUT2D eigenvalue weighted by molar-refractivity contribution is 6.08. The minimum Gasteiger partial charge on any atom is -0.497 e. The molecule has 0 spiro atoms. The van der Waals surface area contributed by atoms with Crippen molar-refractivity contribution in [3.05, 3.63) is 95.6 Å². The number of carbonyl (C=O) groups is 2. The van der Waals surface area contributed by atoms with Crippen molar-refractivity contribution in [1.82, 2.24) is 0 Å². The van der Waals surface area contributed by atoms with E-state index in [4.69, 9.17) is 9.47 Å². The molecule has 1 atom stereocenters. The van der Waals surface area contributed by atoms with Gasteiger partial charge < -0.3 is 14.8 Å². The maximum absolute atomic E-state index is 12.7. The zero-order valence-electron chi connectivity index (χ0n) is 15.7. The molecule has 0 unspecified atom stereocenters. The molecule has 0 radical (unpaired) electrons. The van der Waals surface area contributed by atoms with E-state index in [1.807, 2.05) is 37.3 Å². The fraction of sp³-hybridized carbons (Fsp3) is 0.130. The molecule has 3 aromatic rings. The largest absolute Gasteiger partial charge is 0.497 e. The van der Waals surface area contributed by atoms with Crippen molar-refractivity contribution in [1.29, 1.82) is 0 Å². The summed E-state index contributed by atoms with van der Waals surface area (Å²) in [4.78, 5) is 25.2. The standard InChI is InChI=1S/C23H21NO4/c1-16(17-8-4-3-5-9-17)28-23(26)20-10-6-7-11-21(20)24-22(25)18-12-14-19(27-2)15-13-18/h3-16H,1-2H3,(H,24,25)/t16-/m0/s1. The van der Waals surface area contributed by atoms with Crippen molar-refractivity contribution in [3.8, 4) is 5.75 Å². The van der Waals surface area contributed by atoms with E-state index in [2.05, 4.69) is 5.32 Å². The van der Waals surface area contributed by atoms with Gasteiger partial charge in [0.2, 0.25) is 0 Å². The van der Waals surface area contributed by atoms with Gasteiger partial charge in [0, 0.05) is 5.56 Å². The Labute approximate surface area is 163 Å². The fourth-order valence-electron chi connectivity index (χ4n) is 2.72. The summed E-state index contributed by atoms with van der Waals surface area (Å²) in [5, 5.41) is 2.78. The molecule has 1 amide bonds. The number of hydrogen-bond donors (Lipinski definition) is 1. The number of benzene rings is 3. The third kappa shape index (κ3) is 4.57. The second-order valence-electron chi connectivity index (χ2n) is 6.19. The van der Waals surface area contributed by atoms with Gasteiger partial charge in [-0.15, -0.1) is 0 Å². The van der Waals surface area contributed by atoms with Crippen LogP contribution in [0.15, 0.2) is 78.9 Å². The van der Waals surface area contributed by atoms with Crippen molar-refractivity contribution >= 4 is 17.6 Å². The van der Waals surface area contributed by atoms with E-state index in [0.29, 0.717) is 22.6 Å². The van der Waals surface area contributed by atoms with Crippen molar-refractivity contribution in [2.24, 2.45) is 0 Å². The average Bonchev–Trinajstić information content (AvgIpc) is 2.74. The predicted octanol–water partition coefficient (Wildman–Crippen LogP) is 4.87. The van der Waals surface area contributed by atoms with Crippen LogP contribution >= 0.6 is 0 Å². The van der Waals surface area contributed by atoms with Crippen LogP contribution in [0.5, 0.6) is 5.75 Å². The lowest BCUT2D eigenvalue weighted by molar-refractivity contribution is 0.0339. The smallest absolute Gasteiger partial charge is 0.340 e. The first-order chi connectivity index (χ1) is 13.6. The maximum Gasteiger partial charge on any atom is 0.340 e. The molecule has 0 aromatic heterocycles. The van der Waals surface area contributed by atoms with Gasteiger partial charge in [-0.05, 0) is 48.9 Å². The van der Waals surface area contributed by atoms with Gasteiger partial charge in [-0.25, -0.2) is 4.79 Å². The molecule has 0 aliphatic heterocycles. The van der Waals surface area contributed by atoms with Crippen LogP contribution in [0.25, 0.3) is 0 Å². The summed E-state index contributed by atoms with van der Waals surface area (Å²) in [6.45, 7) is 1.81. The van der Waals surface area contributed by atoms with Gasteiger partial charge in [-0.1, -0.05) is 42.5 Å². The first-order valence-corrected chi connectivity index (χ1v) is 8.89. The Hall–Kier alpha value is -3.60. The number of carbonyl (C=O) groups excluding carboxylic acids is 2. The van der Waals surface area contributed by atoms with E-state index in [0.717, 1.165) is 5.56 Å². The van der Waals surface area contributed by atoms with Crippen molar-refractivity contribution in [2.45, 2.75) is 13.0 Å². The van der Waals surface area contributed by atoms with Gasteiger partial charge in [0.1, 0.15) is 11.9 Å². The van der Waals surface area contributed by atoms with Gasteiger partial charge in [0.25, 0.3) is 5.91 Å². The topological polar surface area (TPSA) is 64.6 Å². The third-order valence-corrected chi connectivity index (χ3v) is 4.30. The highest BCUT2D eigenvalue weighted by Crippen LogP contribution is 2.23. The Morgan fingerprint density at radius 3 is 2.18 bits per heavy atom. The Bertz CT molecular complexity index is 952. The van der Waals surface area contributed by atoms with Crippen molar-refractivity contribution < 1.29 is 19.1 Å². The van der Waals surface area contributed by atoms with E-state index >= 15 is 0 Å². The van der Waals surface area contributed by atoms with Crippen LogP contribution in [0.4, 0.5) is 5.69 Å². The third-order valence-electron chi connectivity index (χ3n) is 4.30. The van der Waals surface area contributed by atoms with Crippen LogP contribution in [0.2, 0.25) is 0 Å². The maximum atomic E-state index is 12.7. The summed E-state index contributed by atoms with van der Waals surface area (Å²) >= 11 is 0. The van der Waals surface area contributed by atoms with Gasteiger partial charge >= 0.3 is 5.97 Å². The number of anilines is 1. The van der Waals surface area contributed by atoms with Crippen LogP contribution in [0, 0.1) is 0 Å². The Kier molecular flexibility index (Phi) is 6.07. The lowest BCUT2D eigenvalue weighted by Crippen LogP contribution is -2.16. The Morgan fingerprint density at radius 2 is 1.50 bits per heavy atom. The highest BCUT2D eigenvalue weighted by Gasteiger charge is 2.18. The van der Waals surface area contributed by atoms with E-state index < -0.39 is 12.1 Å². The average molecular weight is 375 g/mol. The summed E-state index contributed by atoms with van der Waals surface area (Å²) in [6, 6.07) is 23.0. The first-order valence-electron chi connectivity index (χ1n) is 8.89. The van der Waals surface area contributed by atoms with Crippen molar-refractivity contribution in [3.63, 3.8) is 0 Å². The van der Waals surface area contributed by atoms with Gasteiger partial charge in [0.05, 0.1) is 18.4 Å². The molecule has 0 saturated carbocycles. The number of esters is 1. The molecule has 0 bridgehead atoms. The quantitative estimate of drug-likeness (QED) is 0.625. The van der Waals surface area contributed by atoms with Crippen LogP contribution < -0.4 is 10.1 Å². The summed E-state index contributed by atoms with van der Waals surface area (Å²) in [7, 11) is 1.56. The van der Waals surface area contributed by atoms with Crippen LogP contribution in [0.3, 0.4) is 0 Å². The molecule has 142 valence electrons. The van der Waals surface area contributed by atoms with Crippen LogP contribution in [-0.2, 0) is 4.74 Å². The molecule has 5 nitrogen and oxygen atoms in total. The second kappa shape index (κ2) is 8.86. The molecule has 0 aliphatic carbocycles. The van der Waals surface area contributed by atoms with Crippen molar-refractivity contribution in [2.75, 3.05) is 12.4 Å². The molecule has 3 rings (SSSR count). The number of para-hydroxylation sites is 1. The number of hydrogen-bond acceptors (Lipinski definition) is 4. The molecule has 0 heterocycles. The zero-order valence-corrected chi connectivity index (χ0v) is 15.7. The molecular weight excluding hydrogens is 354 g/mol. The van der Waals surface area contributed by atoms with Gasteiger partial charge in [-0.2, -0.15) is 0 Å².